The number of hydrogen-bond donors (Lipinski definition) is 0. The summed E-state index contributed by atoms with van der Waals surface area (Å²) in [6.07, 6.45) is 0. The quantitative estimate of drug-likeness (QED) is 0.544. The molecular weight excluding hydrogens is 180 g/mol. The van der Waals surface area contributed by atoms with Crippen molar-refractivity contribution in [2.75, 3.05) is 21.1 Å². The highest BCUT2D eigenvalue weighted by molar-refractivity contribution is 5.44. The lowest BCUT2D eigenvalue weighted by atomic mass is 10.2. The second kappa shape index (κ2) is 4.06. The molecule has 4 nitrogen and oxygen atoms in total. The summed E-state index contributed by atoms with van der Waals surface area (Å²) in [7, 11) is 4.57. The molecule has 0 atom stereocenters. The molecule has 0 radical (unpaired) electrons. The number of rotatable bonds is 3. The van der Waals surface area contributed by atoms with Gasteiger partial charge in [0.2, 0.25) is 0 Å². The van der Waals surface area contributed by atoms with E-state index in [1.54, 1.807) is 32.3 Å². The molecule has 0 amide bonds. The Morgan fingerprint density at radius 2 is 2.00 bits per heavy atom. The lowest BCUT2D eigenvalue weighted by Gasteiger charge is -2.33. The van der Waals surface area contributed by atoms with Gasteiger partial charge in [0.25, 0.3) is 0 Å². The van der Waals surface area contributed by atoms with Crippen LogP contribution in [-0.2, 0) is 6.54 Å². The molecule has 0 spiro atoms. The van der Waals surface area contributed by atoms with E-state index in [1.165, 1.54) is 7.05 Å². The van der Waals surface area contributed by atoms with Crippen LogP contribution in [0.25, 0.3) is 0 Å². The molecule has 0 unspecified atom stereocenters. The van der Waals surface area contributed by atoms with E-state index in [2.05, 4.69) is 0 Å². The van der Waals surface area contributed by atoms with E-state index in [0.29, 0.717) is 12.2 Å². The van der Waals surface area contributed by atoms with Gasteiger partial charge in [-0.3, -0.25) is 0 Å². The van der Waals surface area contributed by atoms with Crippen molar-refractivity contribution in [3.8, 4) is 0 Å². The van der Waals surface area contributed by atoms with Crippen LogP contribution in [0.5, 0.6) is 0 Å². The number of quaternary nitrogens is 1. The summed E-state index contributed by atoms with van der Waals surface area (Å²) < 4.78 is -0.476. The summed E-state index contributed by atoms with van der Waals surface area (Å²) >= 11 is 0. The highest BCUT2D eigenvalue weighted by Gasteiger charge is 2.07. The van der Waals surface area contributed by atoms with E-state index in [-0.39, 0.29) is 0 Å². The zero-order valence-electron chi connectivity index (χ0n) is 8.73. The van der Waals surface area contributed by atoms with Crippen molar-refractivity contribution in [3.05, 3.63) is 40.2 Å². The van der Waals surface area contributed by atoms with Crippen LogP contribution in [0.1, 0.15) is 5.56 Å². The first-order chi connectivity index (χ1) is 6.39. The number of hydroxylamine groups is 4. The predicted molar refractivity (Wildman–Crippen MR) is 58.3 cm³/mol. The van der Waals surface area contributed by atoms with Crippen LogP contribution in [-0.4, -0.2) is 26.2 Å². The molecule has 0 fully saturated rings. The minimum absolute atomic E-state index is 0.313. The van der Waals surface area contributed by atoms with E-state index in [4.69, 9.17) is 0 Å². The molecule has 1 aromatic rings. The fourth-order valence-electron chi connectivity index (χ4n) is 1.25. The molecule has 0 bridgehead atoms. The van der Waals surface area contributed by atoms with Crippen molar-refractivity contribution >= 4 is 5.69 Å². The van der Waals surface area contributed by atoms with E-state index in [0.717, 1.165) is 10.6 Å². The Hall–Kier alpha value is -0.940. The van der Waals surface area contributed by atoms with Gasteiger partial charge in [0.15, 0.2) is 0 Å². The minimum Gasteiger partial charge on any atom is -0.785 e. The molecule has 4 heteroatoms. The standard InChI is InChI=1S/C10H15N2O2/c1-11(13)8-9-5-4-6-10(7-9)12(2,3)14/h4-7H,8H2,1-3H3/q-1. The van der Waals surface area contributed by atoms with Crippen molar-refractivity contribution in [2.45, 2.75) is 6.54 Å². The van der Waals surface area contributed by atoms with E-state index in [9.17, 15) is 10.4 Å². The Kier molecular flexibility index (Phi) is 3.23. The predicted octanol–water partition coefficient (Wildman–Crippen LogP) is 1.68. The Balaban J connectivity index is 2.90. The lowest BCUT2D eigenvalue weighted by molar-refractivity contribution is 0.452. The fourth-order valence-corrected chi connectivity index (χ4v) is 1.25. The number of nitrogens with zero attached hydrogens (tertiary/aromatic N) is 2. The van der Waals surface area contributed by atoms with Crippen molar-refractivity contribution in [2.24, 2.45) is 0 Å². The van der Waals surface area contributed by atoms with Crippen LogP contribution >= 0.6 is 0 Å². The third kappa shape index (κ3) is 3.08. The normalized spacial score (nSPS) is 12.1. The molecule has 78 valence electrons. The highest BCUT2D eigenvalue weighted by Crippen LogP contribution is 2.19. The maximum atomic E-state index is 11.6. The highest BCUT2D eigenvalue weighted by atomic mass is 16.5. The summed E-state index contributed by atoms with van der Waals surface area (Å²) in [4.78, 5) is 0. The molecule has 0 N–H and O–H groups in total. The van der Waals surface area contributed by atoms with Gasteiger partial charge in [0.1, 0.15) is 5.69 Å². The average molecular weight is 195 g/mol. The Morgan fingerprint density at radius 3 is 2.50 bits per heavy atom. The van der Waals surface area contributed by atoms with Crippen molar-refractivity contribution < 1.29 is 0 Å². The maximum absolute atomic E-state index is 11.6. The van der Waals surface area contributed by atoms with Crippen LogP contribution in [0.2, 0.25) is 0 Å². The number of benzene rings is 1. The summed E-state index contributed by atoms with van der Waals surface area (Å²) in [5, 5.41) is 23.2. The zero-order valence-corrected chi connectivity index (χ0v) is 8.73. The molecule has 1 aromatic carbocycles. The summed E-state index contributed by atoms with van der Waals surface area (Å²) in [6.45, 7) is 0.313. The monoisotopic (exact) mass is 195 g/mol. The van der Waals surface area contributed by atoms with Gasteiger partial charge < -0.3 is 20.1 Å². The molecule has 0 saturated heterocycles. The second-order valence-corrected chi connectivity index (χ2v) is 3.81. The largest absolute Gasteiger partial charge is 0.785 e. The maximum Gasteiger partial charge on any atom is 0.132 e. The third-order valence-electron chi connectivity index (χ3n) is 1.94. The molecular formula is C10H15N2O2-. The SMILES string of the molecule is CN([O-])Cc1cccc([N+](C)(C)[O-])c1. The van der Waals surface area contributed by atoms with E-state index in [1.807, 2.05) is 6.07 Å². The van der Waals surface area contributed by atoms with E-state index < -0.39 is 4.65 Å². The van der Waals surface area contributed by atoms with Gasteiger partial charge in [-0.1, -0.05) is 12.1 Å². The molecule has 1 rings (SSSR count). The van der Waals surface area contributed by atoms with Gasteiger partial charge in [-0.25, -0.2) is 0 Å². The van der Waals surface area contributed by atoms with Crippen molar-refractivity contribution in [3.63, 3.8) is 0 Å². The Morgan fingerprint density at radius 1 is 1.36 bits per heavy atom. The van der Waals surface area contributed by atoms with Crippen LogP contribution in [0.15, 0.2) is 24.3 Å². The average Bonchev–Trinajstić information content (AvgIpc) is 2.01. The van der Waals surface area contributed by atoms with Crippen LogP contribution in [0.3, 0.4) is 0 Å². The summed E-state index contributed by atoms with van der Waals surface area (Å²) in [6, 6.07) is 7.17. The fraction of sp³-hybridized carbons (Fsp3) is 0.400. The van der Waals surface area contributed by atoms with Gasteiger partial charge in [-0.15, -0.1) is 0 Å². The first kappa shape index (κ1) is 11.1. The molecule has 0 aliphatic carbocycles. The molecule has 0 aliphatic heterocycles. The smallest absolute Gasteiger partial charge is 0.132 e. The van der Waals surface area contributed by atoms with Gasteiger partial charge in [-0.2, -0.15) is 0 Å². The number of hydrogen-bond acceptors (Lipinski definition) is 3. The van der Waals surface area contributed by atoms with Crippen LogP contribution in [0.4, 0.5) is 5.69 Å². The lowest BCUT2D eigenvalue weighted by Crippen LogP contribution is -2.32. The van der Waals surface area contributed by atoms with Gasteiger partial charge in [0, 0.05) is 12.6 Å². The Labute approximate surface area is 84.1 Å². The van der Waals surface area contributed by atoms with Crippen molar-refractivity contribution in [1.29, 1.82) is 0 Å². The van der Waals surface area contributed by atoms with E-state index >= 15 is 0 Å². The summed E-state index contributed by atoms with van der Waals surface area (Å²) in [5.74, 6) is 0. The zero-order chi connectivity index (χ0) is 10.8. The first-order valence-corrected chi connectivity index (χ1v) is 4.42. The van der Waals surface area contributed by atoms with Gasteiger partial charge in [-0.05, 0) is 18.7 Å². The minimum atomic E-state index is -0.476. The molecule has 0 saturated carbocycles. The Bertz CT molecular complexity index is 305. The van der Waals surface area contributed by atoms with Gasteiger partial charge in [0.05, 0.1) is 14.1 Å². The molecule has 0 heterocycles. The van der Waals surface area contributed by atoms with Crippen LogP contribution in [0, 0.1) is 10.4 Å². The topological polar surface area (TPSA) is 49.4 Å². The molecule has 0 aliphatic rings. The summed E-state index contributed by atoms with van der Waals surface area (Å²) in [5.41, 5.74) is 1.52. The third-order valence-corrected chi connectivity index (χ3v) is 1.94. The van der Waals surface area contributed by atoms with Crippen molar-refractivity contribution in [1.82, 2.24) is 9.71 Å². The first-order valence-electron chi connectivity index (χ1n) is 4.42. The second-order valence-electron chi connectivity index (χ2n) is 3.81. The molecule has 14 heavy (non-hydrogen) atoms. The molecule has 0 aromatic heterocycles. The van der Waals surface area contributed by atoms with Crippen LogP contribution < -0.4 is 4.65 Å². The van der Waals surface area contributed by atoms with Gasteiger partial charge >= 0.3 is 0 Å².